The fraction of sp³-hybridized carbons (Fsp3) is 0.231. The van der Waals surface area contributed by atoms with Crippen molar-refractivity contribution in [2.75, 3.05) is 5.32 Å². The van der Waals surface area contributed by atoms with E-state index in [9.17, 15) is 13.2 Å². The molecule has 0 bridgehead atoms. The maximum atomic E-state index is 13.0. The molecular weight excluding hydrogens is 403 g/mol. The number of alkyl halides is 3. The first-order valence-corrected chi connectivity index (χ1v) is 7.24. The number of halogens is 5. The summed E-state index contributed by atoms with van der Waals surface area (Å²) in [6.45, 7) is 1.73. The number of furan rings is 1. The van der Waals surface area contributed by atoms with Crippen molar-refractivity contribution >= 4 is 37.5 Å². The molecule has 1 N–H and O–H groups in total. The van der Waals surface area contributed by atoms with Crippen LogP contribution in [-0.4, -0.2) is 0 Å². The van der Waals surface area contributed by atoms with Gasteiger partial charge in [0.15, 0.2) is 4.67 Å². The van der Waals surface area contributed by atoms with Crippen molar-refractivity contribution in [2.24, 2.45) is 0 Å². The van der Waals surface area contributed by atoms with Crippen molar-refractivity contribution in [3.8, 4) is 0 Å². The molecule has 0 saturated heterocycles. The topological polar surface area (TPSA) is 25.2 Å². The molecule has 1 atom stereocenters. The van der Waals surface area contributed by atoms with Crippen LogP contribution in [0.2, 0.25) is 0 Å². The van der Waals surface area contributed by atoms with Crippen molar-refractivity contribution in [1.29, 1.82) is 0 Å². The lowest BCUT2D eigenvalue weighted by molar-refractivity contribution is -0.137. The molecule has 0 aliphatic heterocycles. The molecule has 108 valence electrons. The van der Waals surface area contributed by atoms with Gasteiger partial charge in [-0.2, -0.15) is 13.2 Å². The Bertz CT molecular complexity index is 610. The highest BCUT2D eigenvalue weighted by Crippen LogP contribution is 2.38. The van der Waals surface area contributed by atoms with Crippen molar-refractivity contribution in [1.82, 2.24) is 0 Å². The highest BCUT2D eigenvalue weighted by Gasteiger charge is 2.34. The molecular formula is C13H10Br2F3NO. The Morgan fingerprint density at radius 2 is 1.85 bits per heavy atom. The standard InChI is InChI=1S/C13H10Br2F3NO/c1-7(11-4-5-12(15)20-11)19-10-3-2-8(14)6-9(10)13(16,17)18/h2-7,19H,1H3. The van der Waals surface area contributed by atoms with Crippen LogP contribution in [0.1, 0.15) is 24.3 Å². The molecule has 0 saturated carbocycles. The Balaban J connectivity index is 2.29. The zero-order valence-corrected chi connectivity index (χ0v) is 13.4. The lowest BCUT2D eigenvalue weighted by atomic mass is 10.1. The van der Waals surface area contributed by atoms with Gasteiger partial charge in [-0.3, -0.25) is 0 Å². The number of rotatable bonds is 3. The minimum absolute atomic E-state index is 0.0146. The van der Waals surface area contributed by atoms with Crippen molar-refractivity contribution in [2.45, 2.75) is 19.1 Å². The third-order valence-corrected chi connectivity index (χ3v) is 3.60. The Morgan fingerprint density at radius 3 is 2.40 bits per heavy atom. The highest BCUT2D eigenvalue weighted by atomic mass is 79.9. The second kappa shape index (κ2) is 5.81. The van der Waals surface area contributed by atoms with Crippen LogP contribution < -0.4 is 5.32 Å². The minimum atomic E-state index is -4.42. The number of hydrogen-bond donors (Lipinski definition) is 1. The lowest BCUT2D eigenvalue weighted by Gasteiger charge is -2.18. The first-order chi connectivity index (χ1) is 9.27. The van der Waals surface area contributed by atoms with Gasteiger partial charge in [-0.25, -0.2) is 0 Å². The number of anilines is 1. The fourth-order valence-corrected chi connectivity index (χ4v) is 2.42. The van der Waals surface area contributed by atoms with E-state index in [4.69, 9.17) is 4.42 Å². The lowest BCUT2D eigenvalue weighted by Crippen LogP contribution is -2.13. The highest BCUT2D eigenvalue weighted by molar-refractivity contribution is 9.10. The molecule has 1 heterocycles. The molecule has 0 amide bonds. The predicted molar refractivity (Wildman–Crippen MR) is 77.6 cm³/mol. The van der Waals surface area contributed by atoms with Crippen LogP contribution in [0.5, 0.6) is 0 Å². The average Bonchev–Trinajstić information content (AvgIpc) is 2.77. The van der Waals surface area contributed by atoms with Gasteiger partial charge in [0, 0.05) is 10.2 Å². The van der Waals surface area contributed by atoms with Gasteiger partial charge < -0.3 is 9.73 Å². The third kappa shape index (κ3) is 3.58. The van der Waals surface area contributed by atoms with Gasteiger partial charge in [-0.05, 0) is 53.2 Å². The summed E-state index contributed by atoms with van der Waals surface area (Å²) in [5, 5.41) is 2.82. The van der Waals surface area contributed by atoms with Gasteiger partial charge in [-0.15, -0.1) is 0 Å². The van der Waals surface area contributed by atoms with Crippen LogP contribution in [0.3, 0.4) is 0 Å². The van der Waals surface area contributed by atoms with Crippen molar-refractivity contribution in [3.63, 3.8) is 0 Å². The molecule has 1 aromatic heterocycles. The monoisotopic (exact) mass is 411 g/mol. The Labute approximate surface area is 130 Å². The van der Waals surface area contributed by atoms with Crippen molar-refractivity contribution in [3.05, 3.63) is 50.8 Å². The van der Waals surface area contributed by atoms with Crippen LogP contribution >= 0.6 is 31.9 Å². The van der Waals surface area contributed by atoms with E-state index in [0.29, 0.717) is 14.9 Å². The van der Waals surface area contributed by atoms with Crippen LogP contribution in [0.4, 0.5) is 18.9 Å². The van der Waals surface area contributed by atoms with E-state index in [1.165, 1.54) is 6.07 Å². The summed E-state index contributed by atoms with van der Waals surface area (Å²) >= 11 is 6.21. The minimum Gasteiger partial charge on any atom is -0.452 e. The Hall–Kier alpha value is -0.950. The van der Waals surface area contributed by atoms with E-state index < -0.39 is 11.7 Å². The Morgan fingerprint density at radius 1 is 1.15 bits per heavy atom. The number of nitrogens with one attached hydrogen (secondary N) is 1. The normalized spacial score (nSPS) is 13.3. The van der Waals surface area contributed by atoms with Gasteiger partial charge in [0.05, 0.1) is 11.6 Å². The van der Waals surface area contributed by atoms with E-state index in [1.54, 1.807) is 25.1 Å². The van der Waals surface area contributed by atoms with E-state index >= 15 is 0 Å². The molecule has 0 spiro atoms. The predicted octanol–water partition coefficient (Wildman–Crippen LogP) is 6.00. The molecule has 1 aromatic carbocycles. The summed E-state index contributed by atoms with van der Waals surface area (Å²) < 4.78 is 45.2. The summed E-state index contributed by atoms with van der Waals surface area (Å²) in [6, 6.07) is 7.01. The molecule has 20 heavy (non-hydrogen) atoms. The summed E-state index contributed by atoms with van der Waals surface area (Å²) in [6.07, 6.45) is -4.42. The van der Waals surface area contributed by atoms with Gasteiger partial charge in [-0.1, -0.05) is 15.9 Å². The van der Waals surface area contributed by atoms with Crippen LogP contribution in [0, 0.1) is 0 Å². The largest absolute Gasteiger partial charge is 0.452 e. The fourth-order valence-electron chi connectivity index (χ4n) is 1.74. The molecule has 0 fully saturated rings. The van der Waals surface area contributed by atoms with E-state index in [0.717, 1.165) is 6.07 Å². The third-order valence-electron chi connectivity index (χ3n) is 2.68. The Kier molecular flexibility index (Phi) is 4.49. The van der Waals surface area contributed by atoms with Crippen LogP contribution in [-0.2, 0) is 6.18 Å². The van der Waals surface area contributed by atoms with Gasteiger partial charge in [0.1, 0.15) is 5.76 Å². The molecule has 0 radical (unpaired) electrons. The molecule has 1 unspecified atom stereocenters. The molecule has 2 rings (SSSR count). The molecule has 0 aliphatic rings. The maximum Gasteiger partial charge on any atom is 0.418 e. The number of benzene rings is 1. The molecule has 2 nitrogen and oxygen atoms in total. The van der Waals surface area contributed by atoms with E-state index in [2.05, 4.69) is 37.2 Å². The summed E-state index contributed by atoms with van der Waals surface area (Å²) in [4.78, 5) is 0. The maximum absolute atomic E-state index is 13.0. The van der Waals surface area contributed by atoms with Gasteiger partial charge in [0.25, 0.3) is 0 Å². The van der Waals surface area contributed by atoms with Crippen LogP contribution in [0.15, 0.2) is 43.9 Å². The first kappa shape index (κ1) is 15.4. The van der Waals surface area contributed by atoms with Crippen molar-refractivity contribution < 1.29 is 17.6 Å². The SMILES string of the molecule is CC(Nc1ccc(Br)cc1C(F)(F)F)c1ccc(Br)o1. The molecule has 2 aromatic rings. The second-order valence-corrected chi connectivity index (χ2v) is 5.89. The quantitative estimate of drug-likeness (QED) is 0.669. The summed E-state index contributed by atoms with van der Waals surface area (Å²) in [5.74, 6) is 0.549. The zero-order chi connectivity index (χ0) is 14.9. The second-order valence-electron chi connectivity index (χ2n) is 4.20. The molecule has 7 heteroatoms. The summed E-state index contributed by atoms with van der Waals surface area (Å²) in [7, 11) is 0. The van der Waals surface area contributed by atoms with Gasteiger partial charge in [0.2, 0.25) is 0 Å². The molecule has 0 aliphatic carbocycles. The van der Waals surface area contributed by atoms with Crippen LogP contribution in [0.25, 0.3) is 0 Å². The number of hydrogen-bond acceptors (Lipinski definition) is 2. The van der Waals surface area contributed by atoms with E-state index in [1.807, 2.05) is 0 Å². The first-order valence-electron chi connectivity index (χ1n) is 5.66. The van der Waals surface area contributed by atoms with Gasteiger partial charge >= 0.3 is 6.18 Å². The smallest absolute Gasteiger partial charge is 0.418 e. The van der Waals surface area contributed by atoms with E-state index in [-0.39, 0.29) is 11.7 Å². The summed E-state index contributed by atoms with van der Waals surface area (Å²) in [5.41, 5.74) is -0.704. The zero-order valence-electron chi connectivity index (χ0n) is 10.3. The average molecular weight is 413 g/mol.